The molecule has 0 spiro atoms. The van der Waals surface area contributed by atoms with Crippen molar-refractivity contribution in [2.24, 2.45) is 0 Å². The van der Waals surface area contributed by atoms with Gasteiger partial charge in [0.25, 0.3) is 5.91 Å². The Balaban J connectivity index is 2.20. The van der Waals surface area contributed by atoms with Crippen molar-refractivity contribution in [3.8, 4) is 0 Å². The fourth-order valence-corrected chi connectivity index (χ4v) is 2.41. The Morgan fingerprint density at radius 3 is 2.50 bits per heavy atom. The van der Waals surface area contributed by atoms with Gasteiger partial charge < -0.3 is 9.88 Å². The molecule has 0 saturated heterocycles. The second kappa shape index (κ2) is 6.11. The Morgan fingerprint density at radius 2 is 1.90 bits per heavy atom. The summed E-state index contributed by atoms with van der Waals surface area (Å²) >= 11 is 11.8. The van der Waals surface area contributed by atoms with E-state index in [1.54, 1.807) is 25.2 Å². The van der Waals surface area contributed by atoms with Crippen LogP contribution in [0.15, 0.2) is 41.5 Å². The van der Waals surface area contributed by atoms with Gasteiger partial charge in [-0.15, -0.1) is 0 Å². The summed E-state index contributed by atoms with van der Waals surface area (Å²) in [5, 5.41) is 1.01. The molecule has 0 aliphatic heterocycles. The molecule has 0 radical (unpaired) electrons. The lowest BCUT2D eigenvalue weighted by molar-refractivity contribution is 0.0783. The molecule has 0 aliphatic carbocycles. The largest absolute Gasteiger partial charge is 0.367 e. The molecule has 0 fully saturated rings. The number of carbonyl (C=O) groups excluding carboxylic acids is 1. The van der Waals surface area contributed by atoms with Crippen LogP contribution in [0.3, 0.4) is 0 Å². The van der Waals surface area contributed by atoms with Crippen molar-refractivity contribution in [3.05, 3.63) is 68.1 Å². The molecule has 6 heteroatoms. The molecule has 1 aromatic carbocycles. The monoisotopic (exact) mass is 310 g/mol. The topological polar surface area (TPSA) is 53.2 Å². The van der Waals surface area contributed by atoms with E-state index < -0.39 is 0 Å². The molecule has 0 unspecified atom stereocenters. The van der Waals surface area contributed by atoms with Gasteiger partial charge in [-0.25, -0.2) is 0 Å². The first kappa shape index (κ1) is 14.6. The summed E-state index contributed by atoms with van der Waals surface area (Å²) in [6.45, 7) is 0.313. The molecule has 1 N–H and O–H groups in total. The molecule has 1 heterocycles. The average Bonchev–Trinajstić information content (AvgIpc) is 2.37. The van der Waals surface area contributed by atoms with Crippen LogP contribution in [0.25, 0.3) is 0 Å². The van der Waals surface area contributed by atoms with Gasteiger partial charge in [0.05, 0.1) is 0 Å². The van der Waals surface area contributed by atoms with Gasteiger partial charge in [0.2, 0.25) is 0 Å². The lowest BCUT2D eigenvalue weighted by atomic mass is 10.2. The number of halogens is 2. The molecule has 20 heavy (non-hydrogen) atoms. The van der Waals surface area contributed by atoms with Gasteiger partial charge in [-0.05, 0) is 23.8 Å². The predicted molar refractivity (Wildman–Crippen MR) is 79.3 cm³/mol. The van der Waals surface area contributed by atoms with Gasteiger partial charge >= 0.3 is 0 Å². The number of hydrogen-bond acceptors (Lipinski definition) is 2. The number of aromatic nitrogens is 1. The third-order valence-corrected chi connectivity index (χ3v) is 3.18. The summed E-state index contributed by atoms with van der Waals surface area (Å²) < 4.78 is 0. The van der Waals surface area contributed by atoms with E-state index in [-0.39, 0.29) is 16.9 Å². The highest BCUT2D eigenvalue weighted by Crippen LogP contribution is 2.20. The lowest BCUT2D eigenvalue weighted by Crippen LogP contribution is -2.30. The number of rotatable bonds is 3. The maximum atomic E-state index is 12.2. The molecule has 4 nitrogen and oxygen atoms in total. The number of carbonyl (C=O) groups is 1. The molecule has 1 aromatic heterocycles. The van der Waals surface area contributed by atoms with Crippen molar-refractivity contribution >= 4 is 29.1 Å². The minimum Gasteiger partial charge on any atom is -0.367 e. The van der Waals surface area contributed by atoms with E-state index in [0.717, 1.165) is 5.56 Å². The van der Waals surface area contributed by atoms with Crippen molar-refractivity contribution in [2.75, 3.05) is 7.05 Å². The Labute approximate surface area is 125 Å². The van der Waals surface area contributed by atoms with Crippen LogP contribution < -0.4 is 5.43 Å². The van der Waals surface area contributed by atoms with E-state index in [0.29, 0.717) is 16.6 Å². The minimum atomic E-state index is -0.358. The van der Waals surface area contributed by atoms with Gasteiger partial charge in [-0.3, -0.25) is 9.59 Å². The number of H-pyrrole nitrogens is 1. The zero-order chi connectivity index (χ0) is 14.7. The summed E-state index contributed by atoms with van der Waals surface area (Å²) in [6, 6.07) is 6.40. The van der Waals surface area contributed by atoms with Gasteiger partial charge in [-0.2, -0.15) is 0 Å². The lowest BCUT2D eigenvalue weighted by Gasteiger charge is -2.17. The summed E-state index contributed by atoms with van der Waals surface area (Å²) in [6.07, 6.45) is 2.88. The molecule has 2 aromatic rings. The SMILES string of the molecule is CN(Cc1cc(Cl)cc(Cl)c1)C(=O)c1c[nH]ccc1=O. The summed E-state index contributed by atoms with van der Waals surface area (Å²) in [5.74, 6) is -0.358. The average molecular weight is 311 g/mol. The van der Waals surface area contributed by atoms with E-state index in [4.69, 9.17) is 23.2 Å². The highest BCUT2D eigenvalue weighted by atomic mass is 35.5. The predicted octanol–water partition coefficient (Wildman–Crippen LogP) is 2.95. The maximum absolute atomic E-state index is 12.2. The minimum absolute atomic E-state index is 0.100. The van der Waals surface area contributed by atoms with E-state index in [1.165, 1.54) is 23.4 Å². The molecule has 0 atom stereocenters. The van der Waals surface area contributed by atoms with Gasteiger partial charge in [0, 0.05) is 42.1 Å². The standard InChI is InChI=1S/C14H12Cl2N2O2/c1-18(8-9-4-10(15)6-11(16)5-9)14(20)12-7-17-3-2-13(12)19/h2-7H,8H2,1H3,(H,17,19). The van der Waals surface area contributed by atoms with Crippen LogP contribution in [0.2, 0.25) is 10.0 Å². The second-order valence-electron chi connectivity index (χ2n) is 4.36. The number of benzene rings is 1. The van der Waals surface area contributed by atoms with Gasteiger partial charge in [0.15, 0.2) is 5.43 Å². The molecular weight excluding hydrogens is 299 g/mol. The van der Waals surface area contributed by atoms with Crippen LogP contribution in [-0.2, 0) is 6.54 Å². The van der Waals surface area contributed by atoms with E-state index in [1.807, 2.05) is 0 Å². The Kier molecular flexibility index (Phi) is 4.47. The van der Waals surface area contributed by atoms with Crippen LogP contribution >= 0.6 is 23.2 Å². The first-order valence-electron chi connectivity index (χ1n) is 5.85. The summed E-state index contributed by atoms with van der Waals surface area (Å²) in [4.78, 5) is 28.0. The van der Waals surface area contributed by atoms with Crippen molar-refractivity contribution < 1.29 is 4.79 Å². The Hall–Kier alpha value is -1.78. The van der Waals surface area contributed by atoms with Crippen molar-refractivity contribution in [1.29, 1.82) is 0 Å². The van der Waals surface area contributed by atoms with Crippen molar-refractivity contribution in [2.45, 2.75) is 6.54 Å². The molecule has 104 valence electrons. The molecule has 2 rings (SSSR count). The molecular formula is C14H12Cl2N2O2. The molecule has 0 aliphatic rings. The number of pyridine rings is 1. The van der Waals surface area contributed by atoms with E-state index in [2.05, 4.69) is 4.98 Å². The smallest absolute Gasteiger partial charge is 0.259 e. The highest BCUT2D eigenvalue weighted by molar-refractivity contribution is 6.34. The van der Waals surface area contributed by atoms with Gasteiger partial charge in [-0.1, -0.05) is 23.2 Å². The first-order chi connectivity index (χ1) is 9.47. The summed E-state index contributed by atoms with van der Waals surface area (Å²) in [7, 11) is 1.61. The number of nitrogens with one attached hydrogen (secondary N) is 1. The number of amides is 1. The number of hydrogen-bond donors (Lipinski definition) is 1. The Bertz CT molecular complexity index is 677. The normalized spacial score (nSPS) is 10.3. The fourth-order valence-electron chi connectivity index (χ4n) is 1.84. The first-order valence-corrected chi connectivity index (χ1v) is 6.60. The third-order valence-electron chi connectivity index (χ3n) is 2.74. The molecule has 1 amide bonds. The maximum Gasteiger partial charge on any atom is 0.259 e. The van der Waals surface area contributed by atoms with E-state index >= 15 is 0 Å². The zero-order valence-electron chi connectivity index (χ0n) is 10.7. The summed E-state index contributed by atoms with van der Waals surface area (Å²) in [5.41, 5.74) is 0.582. The van der Waals surface area contributed by atoms with Crippen molar-refractivity contribution in [1.82, 2.24) is 9.88 Å². The second-order valence-corrected chi connectivity index (χ2v) is 5.23. The van der Waals surface area contributed by atoms with Crippen LogP contribution in [-0.4, -0.2) is 22.8 Å². The molecule has 0 bridgehead atoms. The van der Waals surface area contributed by atoms with Crippen LogP contribution in [0.1, 0.15) is 15.9 Å². The van der Waals surface area contributed by atoms with Crippen molar-refractivity contribution in [3.63, 3.8) is 0 Å². The van der Waals surface area contributed by atoms with Crippen LogP contribution in [0.5, 0.6) is 0 Å². The zero-order valence-corrected chi connectivity index (χ0v) is 12.2. The van der Waals surface area contributed by atoms with Gasteiger partial charge in [0.1, 0.15) is 5.56 Å². The quantitative estimate of drug-likeness (QED) is 0.947. The third kappa shape index (κ3) is 3.40. The number of nitrogens with zero attached hydrogens (tertiary/aromatic N) is 1. The molecule has 0 saturated carbocycles. The number of aromatic amines is 1. The van der Waals surface area contributed by atoms with Crippen LogP contribution in [0.4, 0.5) is 0 Å². The van der Waals surface area contributed by atoms with E-state index in [9.17, 15) is 9.59 Å². The fraction of sp³-hybridized carbons (Fsp3) is 0.143. The van der Waals surface area contributed by atoms with Crippen LogP contribution in [0, 0.1) is 0 Å². The Morgan fingerprint density at radius 1 is 1.25 bits per heavy atom. The highest BCUT2D eigenvalue weighted by Gasteiger charge is 2.15.